The number of carbonyl (C=O) groups is 1. The monoisotopic (exact) mass is 213 g/mol. The molecule has 0 radical (unpaired) electrons. The molecule has 0 bridgehead atoms. The SMILES string of the molecule is CC(C)(C)CCOC(=O)[C@@H]1CCCCN1. The van der Waals surface area contributed by atoms with Gasteiger partial charge in [-0.15, -0.1) is 0 Å². The first-order valence-electron chi connectivity index (χ1n) is 5.89. The first kappa shape index (κ1) is 12.5. The topological polar surface area (TPSA) is 38.3 Å². The van der Waals surface area contributed by atoms with E-state index in [0.29, 0.717) is 6.61 Å². The van der Waals surface area contributed by atoms with Gasteiger partial charge in [-0.3, -0.25) is 4.79 Å². The highest BCUT2D eigenvalue weighted by Crippen LogP contribution is 2.18. The van der Waals surface area contributed by atoms with E-state index in [1.54, 1.807) is 0 Å². The van der Waals surface area contributed by atoms with Crippen molar-refractivity contribution in [1.82, 2.24) is 5.32 Å². The zero-order chi connectivity index (χ0) is 11.3. The van der Waals surface area contributed by atoms with E-state index in [-0.39, 0.29) is 17.4 Å². The summed E-state index contributed by atoms with van der Waals surface area (Å²) in [5.74, 6) is -0.0704. The molecule has 0 aromatic rings. The van der Waals surface area contributed by atoms with E-state index in [2.05, 4.69) is 26.1 Å². The Morgan fingerprint density at radius 3 is 2.67 bits per heavy atom. The number of carbonyl (C=O) groups excluding carboxylic acids is 1. The van der Waals surface area contributed by atoms with Gasteiger partial charge in [0.05, 0.1) is 6.61 Å². The Morgan fingerprint density at radius 2 is 2.13 bits per heavy atom. The number of hydrogen-bond acceptors (Lipinski definition) is 3. The van der Waals surface area contributed by atoms with Gasteiger partial charge in [-0.1, -0.05) is 27.2 Å². The summed E-state index contributed by atoms with van der Waals surface area (Å²) in [7, 11) is 0. The highest BCUT2D eigenvalue weighted by atomic mass is 16.5. The van der Waals surface area contributed by atoms with Gasteiger partial charge in [0.2, 0.25) is 0 Å². The number of esters is 1. The summed E-state index contributed by atoms with van der Waals surface area (Å²) < 4.78 is 5.26. The fraction of sp³-hybridized carbons (Fsp3) is 0.917. The lowest BCUT2D eigenvalue weighted by Gasteiger charge is -2.23. The summed E-state index contributed by atoms with van der Waals surface area (Å²) in [6.07, 6.45) is 4.15. The lowest BCUT2D eigenvalue weighted by atomic mass is 9.93. The first-order valence-corrected chi connectivity index (χ1v) is 5.89. The summed E-state index contributed by atoms with van der Waals surface area (Å²) in [6.45, 7) is 7.94. The van der Waals surface area contributed by atoms with Gasteiger partial charge in [-0.05, 0) is 31.2 Å². The molecule has 0 aromatic heterocycles. The van der Waals surface area contributed by atoms with E-state index in [1.165, 1.54) is 6.42 Å². The first-order chi connectivity index (χ1) is 6.99. The third-order valence-corrected chi connectivity index (χ3v) is 2.69. The molecule has 88 valence electrons. The molecule has 0 saturated carbocycles. The highest BCUT2D eigenvalue weighted by molar-refractivity contribution is 5.75. The van der Waals surface area contributed by atoms with Gasteiger partial charge in [-0.25, -0.2) is 0 Å². The largest absolute Gasteiger partial charge is 0.465 e. The van der Waals surface area contributed by atoms with Crippen molar-refractivity contribution in [3.8, 4) is 0 Å². The molecule has 3 nitrogen and oxygen atoms in total. The zero-order valence-corrected chi connectivity index (χ0v) is 10.1. The van der Waals surface area contributed by atoms with E-state index < -0.39 is 0 Å². The predicted molar refractivity (Wildman–Crippen MR) is 60.7 cm³/mol. The third kappa shape index (κ3) is 5.17. The molecule has 0 spiro atoms. The van der Waals surface area contributed by atoms with Gasteiger partial charge in [0, 0.05) is 0 Å². The molecule has 0 amide bonds. The van der Waals surface area contributed by atoms with Gasteiger partial charge in [-0.2, -0.15) is 0 Å². The summed E-state index contributed by atoms with van der Waals surface area (Å²) >= 11 is 0. The Morgan fingerprint density at radius 1 is 1.40 bits per heavy atom. The standard InChI is InChI=1S/C12H23NO2/c1-12(2,3)7-9-15-11(14)10-6-4-5-8-13-10/h10,13H,4-9H2,1-3H3/t10-/m0/s1. The maximum atomic E-state index is 11.6. The van der Waals surface area contributed by atoms with Crippen molar-refractivity contribution in [2.75, 3.05) is 13.2 Å². The average Bonchev–Trinajstić information content (AvgIpc) is 2.17. The molecular weight excluding hydrogens is 190 g/mol. The minimum absolute atomic E-state index is 0.0567. The van der Waals surface area contributed by atoms with Crippen molar-refractivity contribution in [3.05, 3.63) is 0 Å². The van der Waals surface area contributed by atoms with E-state index in [9.17, 15) is 4.79 Å². The van der Waals surface area contributed by atoms with Crippen LogP contribution < -0.4 is 5.32 Å². The van der Waals surface area contributed by atoms with E-state index in [1.807, 2.05) is 0 Å². The molecular formula is C12H23NO2. The highest BCUT2D eigenvalue weighted by Gasteiger charge is 2.22. The van der Waals surface area contributed by atoms with Crippen LogP contribution in [0.2, 0.25) is 0 Å². The quantitative estimate of drug-likeness (QED) is 0.730. The van der Waals surface area contributed by atoms with Crippen molar-refractivity contribution in [2.45, 2.75) is 52.5 Å². The molecule has 1 aliphatic rings. The van der Waals surface area contributed by atoms with E-state index >= 15 is 0 Å². The van der Waals surface area contributed by atoms with Gasteiger partial charge in [0.1, 0.15) is 6.04 Å². The Labute approximate surface area is 92.6 Å². The van der Waals surface area contributed by atoms with Crippen LogP contribution in [0.15, 0.2) is 0 Å². The van der Waals surface area contributed by atoms with Crippen molar-refractivity contribution < 1.29 is 9.53 Å². The van der Waals surface area contributed by atoms with Crippen LogP contribution in [-0.2, 0) is 9.53 Å². The smallest absolute Gasteiger partial charge is 0.323 e. The molecule has 0 aliphatic carbocycles. The molecule has 3 heteroatoms. The fourth-order valence-corrected chi connectivity index (χ4v) is 1.61. The molecule has 1 fully saturated rings. The lowest BCUT2D eigenvalue weighted by molar-refractivity contribution is -0.147. The minimum atomic E-state index is -0.0704. The van der Waals surface area contributed by atoms with Crippen molar-refractivity contribution in [1.29, 1.82) is 0 Å². The molecule has 1 N–H and O–H groups in total. The third-order valence-electron chi connectivity index (χ3n) is 2.69. The maximum Gasteiger partial charge on any atom is 0.323 e. The molecule has 0 unspecified atom stereocenters. The Kier molecular flexibility index (Phi) is 4.58. The number of ether oxygens (including phenoxy) is 1. The lowest BCUT2D eigenvalue weighted by Crippen LogP contribution is -2.41. The van der Waals surface area contributed by atoms with Crippen LogP contribution in [0.3, 0.4) is 0 Å². The molecule has 1 atom stereocenters. The molecule has 1 aliphatic heterocycles. The van der Waals surface area contributed by atoms with Gasteiger partial charge in [0.25, 0.3) is 0 Å². The summed E-state index contributed by atoms with van der Waals surface area (Å²) in [5, 5.41) is 3.19. The molecule has 1 saturated heterocycles. The van der Waals surface area contributed by atoms with Crippen LogP contribution in [0.5, 0.6) is 0 Å². The minimum Gasteiger partial charge on any atom is -0.465 e. The van der Waals surface area contributed by atoms with Gasteiger partial charge in [0.15, 0.2) is 0 Å². The molecule has 1 rings (SSSR count). The number of hydrogen-bond donors (Lipinski definition) is 1. The van der Waals surface area contributed by atoms with E-state index in [4.69, 9.17) is 4.74 Å². The Hall–Kier alpha value is -0.570. The second-order valence-corrected chi connectivity index (χ2v) is 5.48. The van der Waals surface area contributed by atoms with Crippen molar-refractivity contribution >= 4 is 5.97 Å². The predicted octanol–water partition coefficient (Wildman–Crippen LogP) is 2.11. The van der Waals surface area contributed by atoms with Crippen LogP contribution in [0.1, 0.15) is 46.5 Å². The molecule has 15 heavy (non-hydrogen) atoms. The van der Waals surface area contributed by atoms with Crippen molar-refractivity contribution in [2.24, 2.45) is 5.41 Å². The van der Waals surface area contributed by atoms with Crippen LogP contribution in [0.4, 0.5) is 0 Å². The maximum absolute atomic E-state index is 11.6. The van der Waals surface area contributed by atoms with Gasteiger partial charge >= 0.3 is 5.97 Å². The second kappa shape index (κ2) is 5.50. The fourth-order valence-electron chi connectivity index (χ4n) is 1.61. The zero-order valence-electron chi connectivity index (χ0n) is 10.1. The second-order valence-electron chi connectivity index (χ2n) is 5.48. The van der Waals surface area contributed by atoms with Crippen LogP contribution in [0.25, 0.3) is 0 Å². The summed E-state index contributed by atoms with van der Waals surface area (Å²) in [6, 6.07) is -0.0567. The van der Waals surface area contributed by atoms with Crippen molar-refractivity contribution in [3.63, 3.8) is 0 Å². The average molecular weight is 213 g/mol. The number of piperidine rings is 1. The summed E-state index contributed by atoms with van der Waals surface area (Å²) in [4.78, 5) is 11.6. The Bertz CT molecular complexity index is 202. The number of rotatable bonds is 3. The normalized spacial score (nSPS) is 22.5. The molecule has 1 heterocycles. The van der Waals surface area contributed by atoms with Crippen LogP contribution in [-0.4, -0.2) is 25.2 Å². The Balaban J connectivity index is 2.17. The number of nitrogens with one attached hydrogen (secondary N) is 1. The summed E-state index contributed by atoms with van der Waals surface area (Å²) in [5.41, 5.74) is 0.236. The van der Waals surface area contributed by atoms with Crippen LogP contribution >= 0.6 is 0 Å². The molecule has 0 aromatic carbocycles. The van der Waals surface area contributed by atoms with E-state index in [0.717, 1.165) is 25.8 Å². The van der Waals surface area contributed by atoms with Gasteiger partial charge < -0.3 is 10.1 Å². The van der Waals surface area contributed by atoms with Crippen LogP contribution in [0, 0.1) is 5.41 Å².